The molecule has 2 aromatic heterocycles. The van der Waals surface area contributed by atoms with Crippen LogP contribution >= 0.6 is 11.6 Å². The van der Waals surface area contributed by atoms with Gasteiger partial charge >= 0.3 is 0 Å². The number of H-pyrrole nitrogens is 1. The summed E-state index contributed by atoms with van der Waals surface area (Å²) >= 11 is 6.26. The summed E-state index contributed by atoms with van der Waals surface area (Å²) in [5.41, 5.74) is 13.7. The Hall–Kier alpha value is -2.60. The van der Waals surface area contributed by atoms with Crippen molar-refractivity contribution in [2.45, 2.75) is 51.1 Å². The number of anilines is 1. The maximum atomic E-state index is 6.46. The van der Waals surface area contributed by atoms with E-state index in [4.69, 9.17) is 22.3 Å². The van der Waals surface area contributed by atoms with Crippen LogP contribution in [-0.4, -0.2) is 35.1 Å². The molecule has 5 N–H and O–H groups in total. The van der Waals surface area contributed by atoms with Crippen molar-refractivity contribution < 1.29 is 0 Å². The lowest BCUT2D eigenvalue weighted by Crippen LogP contribution is -2.40. The first-order valence-corrected chi connectivity index (χ1v) is 12.3. The van der Waals surface area contributed by atoms with Gasteiger partial charge in [-0.1, -0.05) is 29.8 Å². The van der Waals surface area contributed by atoms with E-state index in [0.29, 0.717) is 0 Å². The van der Waals surface area contributed by atoms with Crippen LogP contribution in [0, 0.1) is 0 Å². The second kappa shape index (κ2) is 9.72. The van der Waals surface area contributed by atoms with Crippen molar-refractivity contribution >= 4 is 39.1 Å². The van der Waals surface area contributed by atoms with Crippen LogP contribution in [0.5, 0.6) is 0 Å². The van der Waals surface area contributed by atoms with Crippen LogP contribution in [0.3, 0.4) is 0 Å². The minimum absolute atomic E-state index is 0.0630. The fraction of sp³-hybridized carbons (Fsp3) is 0.370. The highest BCUT2D eigenvalue weighted by Crippen LogP contribution is 2.34. The summed E-state index contributed by atoms with van der Waals surface area (Å²) in [6, 6.07) is 14.7. The van der Waals surface area contributed by atoms with Gasteiger partial charge in [-0.25, -0.2) is 0 Å². The predicted molar refractivity (Wildman–Crippen MR) is 139 cm³/mol. The molecule has 5 rings (SSSR count). The largest absolute Gasteiger partial charge is 0.380 e. The number of aromatic amines is 1. The molecule has 2 atom stereocenters. The quantitative estimate of drug-likeness (QED) is 0.290. The molecule has 0 radical (unpaired) electrons. The van der Waals surface area contributed by atoms with Crippen molar-refractivity contribution in [2.24, 2.45) is 5.73 Å². The van der Waals surface area contributed by atoms with Crippen molar-refractivity contribution in [1.29, 1.82) is 0 Å². The van der Waals surface area contributed by atoms with Gasteiger partial charge in [-0.05, 0) is 74.4 Å². The molecule has 0 spiro atoms. The number of fused-ring (bicyclic) bond motifs is 3. The number of nitrogens with zero attached hydrogens (tertiary/aromatic N) is 1. The molecule has 0 amide bonds. The Morgan fingerprint density at radius 3 is 2.85 bits per heavy atom. The van der Waals surface area contributed by atoms with Crippen LogP contribution in [0.2, 0.25) is 5.02 Å². The van der Waals surface area contributed by atoms with Crippen molar-refractivity contribution in [3.05, 3.63) is 70.5 Å². The first kappa shape index (κ1) is 22.2. The lowest BCUT2D eigenvalue weighted by atomic mass is 9.92. The van der Waals surface area contributed by atoms with Crippen LogP contribution in [0.1, 0.15) is 36.6 Å². The molecule has 0 bridgehead atoms. The third kappa shape index (κ3) is 4.86. The van der Waals surface area contributed by atoms with E-state index in [2.05, 4.69) is 59.1 Å². The molecule has 172 valence electrons. The monoisotopic (exact) mass is 461 g/mol. The van der Waals surface area contributed by atoms with Crippen molar-refractivity contribution in [1.82, 2.24) is 15.3 Å². The number of rotatable bonds is 8. The highest BCUT2D eigenvalue weighted by Gasteiger charge is 2.19. The van der Waals surface area contributed by atoms with E-state index >= 15 is 0 Å². The standard InChI is InChI=1S/C27H32ClN5/c1-17(14-30-16-20(29)12-18-15-31-24-8-4-2-6-21(18)24)32-27-22-7-3-5-9-25(22)33-26-13-19(28)10-11-23(26)27/h2,4,6,8,10-11,13,15,17,20,30-31H,3,5,7,9,12,14,16,29H2,1H3,(H,32,33). The highest BCUT2D eigenvalue weighted by atomic mass is 35.5. The summed E-state index contributed by atoms with van der Waals surface area (Å²) in [5.74, 6) is 0. The van der Waals surface area contributed by atoms with Crippen molar-refractivity contribution in [2.75, 3.05) is 18.4 Å². The number of aromatic nitrogens is 2. The van der Waals surface area contributed by atoms with Crippen LogP contribution in [-0.2, 0) is 19.3 Å². The first-order valence-electron chi connectivity index (χ1n) is 12.0. The van der Waals surface area contributed by atoms with Crippen LogP contribution < -0.4 is 16.4 Å². The van der Waals surface area contributed by atoms with Gasteiger partial charge in [-0.2, -0.15) is 0 Å². The zero-order chi connectivity index (χ0) is 22.8. The van der Waals surface area contributed by atoms with E-state index in [-0.39, 0.29) is 12.1 Å². The van der Waals surface area contributed by atoms with Crippen LogP contribution in [0.15, 0.2) is 48.7 Å². The Morgan fingerprint density at radius 2 is 1.94 bits per heavy atom. The van der Waals surface area contributed by atoms with Gasteiger partial charge in [0.25, 0.3) is 0 Å². The topological polar surface area (TPSA) is 78.8 Å². The molecule has 33 heavy (non-hydrogen) atoms. The molecule has 1 aliphatic carbocycles. The number of nitrogens with two attached hydrogens (primary N) is 1. The van der Waals surface area contributed by atoms with Gasteiger partial charge in [-0.15, -0.1) is 0 Å². The summed E-state index contributed by atoms with van der Waals surface area (Å²) in [5, 5.41) is 10.5. The number of halogens is 1. The number of nitrogens with one attached hydrogen (secondary N) is 3. The number of benzene rings is 2. The zero-order valence-corrected chi connectivity index (χ0v) is 19.9. The fourth-order valence-corrected chi connectivity index (χ4v) is 5.17. The Morgan fingerprint density at radius 1 is 1.09 bits per heavy atom. The van der Waals surface area contributed by atoms with E-state index in [1.165, 1.54) is 46.3 Å². The molecule has 0 aliphatic heterocycles. The van der Waals surface area contributed by atoms with Gasteiger partial charge in [0.15, 0.2) is 0 Å². The molecule has 4 aromatic rings. The molecular formula is C27H32ClN5. The van der Waals surface area contributed by atoms with Gasteiger partial charge in [0.05, 0.1) is 5.52 Å². The predicted octanol–water partition coefficient (Wildman–Crippen LogP) is 5.21. The maximum absolute atomic E-state index is 6.46. The molecule has 6 heteroatoms. The van der Waals surface area contributed by atoms with E-state index in [9.17, 15) is 0 Å². The summed E-state index contributed by atoms with van der Waals surface area (Å²) in [4.78, 5) is 8.27. The minimum Gasteiger partial charge on any atom is -0.380 e. The first-order chi connectivity index (χ1) is 16.1. The molecule has 2 heterocycles. The summed E-state index contributed by atoms with van der Waals surface area (Å²) < 4.78 is 0. The van der Waals surface area contributed by atoms with E-state index in [0.717, 1.165) is 48.3 Å². The van der Waals surface area contributed by atoms with Crippen LogP contribution in [0.4, 0.5) is 5.69 Å². The van der Waals surface area contributed by atoms with Crippen molar-refractivity contribution in [3.63, 3.8) is 0 Å². The average Bonchev–Trinajstić information content (AvgIpc) is 3.21. The minimum atomic E-state index is 0.0630. The number of aryl methyl sites for hydroxylation is 1. The third-order valence-corrected chi connectivity index (χ3v) is 6.86. The number of pyridine rings is 1. The lowest BCUT2D eigenvalue weighted by molar-refractivity contribution is 0.555. The second-order valence-electron chi connectivity index (χ2n) is 9.31. The van der Waals surface area contributed by atoms with Gasteiger partial charge in [0, 0.05) is 64.1 Å². The fourth-order valence-electron chi connectivity index (χ4n) is 5.00. The smallest absolute Gasteiger partial charge is 0.0741 e. The highest BCUT2D eigenvalue weighted by molar-refractivity contribution is 6.31. The molecule has 2 unspecified atom stereocenters. The Labute approximate surface area is 200 Å². The molecule has 0 saturated carbocycles. The van der Waals surface area contributed by atoms with Gasteiger partial charge in [0.1, 0.15) is 0 Å². The third-order valence-electron chi connectivity index (χ3n) is 6.63. The molecule has 2 aromatic carbocycles. The molecule has 0 fully saturated rings. The van der Waals surface area contributed by atoms with Gasteiger partial charge in [-0.3, -0.25) is 4.98 Å². The molecule has 1 aliphatic rings. The molecule has 0 saturated heterocycles. The van der Waals surface area contributed by atoms with E-state index < -0.39 is 0 Å². The van der Waals surface area contributed by atoms with Gasteiger partial charge in [0.2, 0.25) is 0 Å². The van der Waals surface area contributed by atoms with E-state index in [1.807, 2.05) is 12.1 Å². The summed E-state index contributed by atoms with van der Waals surface area (Å²) in [6.07, 6.45) is 7.48. The van der Waals surface area contributed by atoms with Crippen molar-refractivity contribution in [3.8, 4) is 0 Å². The van der Waals surface area contributed by atoms with E-state index in [1.54, 1.807) is 0 Å². The van der Waals surface area contributed by atoms with Gasteiger partial charge < -0.3 is 21.4 Å². The summed E-state index contributed by atoms with van der Waals surface area (Å²) in [7, 11) is 0. The Bertz CT molecular complexity index is 1260. The molecular weight excluding hydrogens is 430 g/mol. The number of hydrogen-bond donors (Lipinski definition) is 4. The zero-order valence-electron chi connectivity index (χ0n) is 19.1. The number of hydrogen-bond acceptors (Lipinski definition) is 4. The Balaban J connectivity index is 1.23. The second-order valence-corrected chi connectivity index (χ2v) is 9.74. The molecule has 5 nitrogen and oxygen atoms in total. The summed E-state index contributed by atoms with van der Waals surface area (Å²) in [6.45, 7) is 3.83. The normalized spacial score (nSPS) is 15.5. The lowest BCUT2D eigenvalue weighted by Gasteiger charge is -2.25. The average molecular weight is 462 g/mol. The Kier molecular flexibility index (Phi) is 6.54. The maximum Gasteiger partial charge on any atom is 0.0741 e. The van der Waals surface area contributed by atoms with Crippen LogP contribution in [0.25, 0.3) is 21.8 Å². The number of para-hydroxylation sites is 1. The SMILES string of the molecule is CC(CNCC(N)Cc1c[nH]c2ccccc12)Nc1c2c(nc3cc(Cl)ccc13)CCCC2.